The van der Waals surface area contributed by atoms with Gasteiger partial charge in [-0.2, -0.15) is 22.4 Å². The Bertz CT molecular complexity index is 627. The van der Waals surface area contributed by atoms with Crippen LogP contribution in [-0.4, -0.2) is 40.1 Å². The number of rotatable bonds is 2. The Morgan fingerprint density at radius 2 is 1.95 bits per heavy atom. The van der Waals surface area contributed by atoms with Crippen LogP contribution in [0.15, 0.2) is 6.20 Å². The Morgan fingerprint density at radius 3 is 2.38 bits per heavy atom. The molecule has 0 bridgehead atoms. The number of nitrogens with one attached hydrogen (secondary N) is 1. The predicted molar refractivity (Wildman–Crippen MR) is 63.8 cm³/mol. The smallest absolute Gasteiger partial charge is 0.475 e. The fourth-order valence-corrected chi connectivity index (χ4v) is 3.20. The number of carboxylic acid groups (broad SMARTS) is 1. The van der Waals surface area contributed by atoms with Gasteiger partial charge in [0, 0.05) is 24.8 Å². The minimum atomic E-state index is -5.08. The Kier molecular flexibility index (Phi) is 3.97. The van der Waals surface area contributed by atoms with Gasteiger partial charge in [-0.15, -0.1) is 0 Å². The van der Waals surface area contributed by atoms with Crippen LogP contribution < -0.4 is 5.32 Å². The van der Waals surface area contributed by atoms with Gasteiger partial charge in [0.05, 0.1) is 10.9 Å². The minimum absolute atomic E-state index is 0.185. The summed E-state index contributed by atoms with van der Waals surface area (Å²) >= 11 is 0. The summed E-state index contributed by atoms with van der Waals surface area (Å²) in [4.78, 5) is 8.90. The molecule has 1 aliphatic carbocycles. The van der Waals surface area contributed by atoms with Gasteiger partial charge in [0.2, 0.25) is 0 Å². The average molecular weight is 327 g/mol. The van der Waals surface area contributed by atoms with Crippen molar-refractivity contribution in [1.29, 1.82) is 0 Å². The van der Waals surface area contributed by atoms with Crippen molar-refractivity contribution in [3.05, 3.63) is 17.5 Å². The highest BCUT2D eigenvalue weighted by molar-refractivity contribution is 7.90. The van der Waals surface area contributed by atoms with Gasteiger partial charge >= 0.3 is 12.1 Å². The Labute approximate surface area is 117 Å². The van der Waals surface area contributed by atoms with Crippen molar-refractivity contribution >= 4 is 16.0 Å². The number of hydrogen-bond donors (Lipinski definition) is 2. The zero-order valence-electron chi connectivity index (χ0n) is 10.6. The van der Waals surface area contributed by atoms with Gasteiger partial charge in [-0.3, -0.25) is 0 Å². The zero-order valence-corrected chi connectivity index (χ0v) is 11.4. The summed E-state index contributed by atoms with van der Waals surface area (Å²) in [5.41, 5.74) is 1.88. The van der Waals surface area contributed by atoms with Crippen molar-refractivity contribution in [2.75, 3.05) is 0 Å². The first-order valence-corrected chi connectivity index (χ1v) is 7.45. The lowest BCUT2D eigenvalue weighted by molar-refractivity contribution is -0.192. The summed E-state index contributed by atoms with van der Waals surface area (Å²) in [5.74, 6) is -2.76. The number of aromatic nitrogens is 2. The van der Waals surface area contributed by atoms with E-state index in [0.717, 1.165) is 34.7 Å². The number of nitrogens with zero attached hydrogens (tertiary/aromatic N) is 2. The molecule has 0 amide bonds. The SMILES string of the molecule is O=C(O)C(F)(F)F.O=S(=O)(C1CC1)n1cc2c(n1)CNC2. The zero-order chi connectivity index (χ0) is 15.8. The van der Waals surface area contributed by atoms with Crippen LogP contribution in [0.25, 0.3) is 0 Å². The highest BCUT2D eigenvalue weighted by atomic mass is 32.2. The molecule has 2 aliphatic rings. The van der Waals surface area contributed by atoms with Gasteiger partial charge in [-0.25, -0.2) is 13.2 Å². The highest BCUT2D eigenvalue weighted by Gasteiger charge is 2.39. The predicted octanol–water partition coefficient (Wildman–Crippen LogP) is 0.460. The van der Waals surface area contributed by atoms with E-state index in [9.17, 15) is 21.6 Å². The Hall–Kier alpha value is -1.62. The van der Waals surface area contributed by atoms with E-state index in [1.54, 1.807) is 6.20 Å². The molecule has 0 atom stereocenters. The van der Waals surface area contributed by atoms with E-state index in [1.807, 2.05) is 0 Å². The van der Waals surface area contributed by atoms with E-state index in [0.29, 0.717) is 6.54 Å². The molecule has 1 aromatic heterocycles. The van der Waals surface area contributed by atoms with Crippen LogP contribution in [0.1, 0.15) is 24.1 Å². The lowest BCUT2D eigenvalue weighted by atomic mass is 10.3. The van der Waals surface area contributed by atoms with Crippen LogP contribution in [0, 0.1) is 0 Å². The van der Waals surface area contributed by atoms with Crippen LogP contribution in [-0.2, 0) is 27.9 Å². The molecular formula is C10H12F3N3O4S. The molecule has 1 fully saturated rings. The molecule has 0 spiro atoms. The third kappa shape index (κ3) is 3.53. The summed E-state index contributed by atoms with van der Waals surface area (Å²) in [6.45, 7) is 1.41. The van der Waals surface area contributed by atoms with Gasteiger partial charge in [-0.1, -0.05) is 0 Å². The molecule has 0 radical (unpaired) electrons. The van der Waals surface area contributed by atoms with Crippen LogP contribution in [0.4, 0.5) is 13.2 Å². The summed E-state index contributed by atoms with van der Waals surface area (Å²) in [6, 6.07) is 0. The lowest BCUT2D eigenvalue weighted by Gasteiger charge is -2.01. The summed E-state index contributed by atoms with van der Waals surface area (Å²) < 4.78 is 56.5. The Balaban J connectivity index is 0.000000199. The molecule has 1 saturated carbocycles. The molecule has 1 aliphatic heterocycles. The van der Waals surface area contributed by atoms with E-state index in [2.05, 4.69) is 10.4 Å². The van der Waals surface area contributed by atoms with Crippen molar-refractivity contribution in [3.63, 3.8) is 0 Å². The number of halogens is 3. The van der Waals surface area contributed by atoms with Crippen molar-refractivity contribution in [2.45, 2.75) is 37.4 Å². The van der Waals surface area contributed by atoms with Crippen molar-refractivity contribution in [3.8, 4) is 0 Å². The van der Waals surface area contributed by atoms with Crippen LogP contribution in [0.5, 0.6) is 0 Å². The standard InChI is InChI=1S/C8H11N3O2S.C2HF3O2/c12-14(13,7-1-2-7)11-5-6-3-9-4-8(6)10-11;3-2(4,5)1(6)7/h5,7,9H,1-4H2;(H,6,7). The van der Waals surface area contributed by atoms with E-state index in [-0.39, 0.29) is 5.25 Å². The van der Waals surface area contributed by atoms with Crippen LogP contribution in [0.3, 0.4) is 0 Å². The van der Waals surface area contributed by atoms with E-state index >= 15 is 0 Å². The first kappa shape index (κ1) is 15.8. The van der Waals surface area contributed by atoms with Gasteiger partial charge in [0.1, 0.15) is 0 Å². The summed E-state index contributed by atoms with van der Waals surface area (Å²) in [6.07, 6.45) is -1.88. The first-order valence-electron chi connectivity index (χ1n) is 5.95. The quantitative estimate of drug-likeness (QED) is 0.818. The van der Waals surface area contributed by atoms with Crippen molar-refractivity contribution in [2.24, 2.45) is 0 Å². The van der Waals surface area contributed by atoms with Crippen molar-refractivity contribution < 1.29 is 31.5 Å². The molecule has 11 heteroatoms. The lowest BCUT2D eigenvalue weighted by Crippen LogP contribution is -2.21. The Morgan fingerprint density at radius 1 is 1.38 bits per heavy atom. The molecule has 118 valence electrons. The largest absolute Gasteiger partial charge is 0.490 e. The number of aliphatic carboxylic acids is 1. The van der Waals surface area contributed by atoms with Crippen molar-refractivity contribution in [1.82, 2.24) is 14.5 Å². The number of carboxylic acids is 1. The molecule has 0 saturated heterocycles. The van der Waals surface area contributed by atoms with E-state index in [1.165, 1.54) is 0 Å². The van der Waals surface area contributed by atoms with Gasteiger partial charge < -0.3 is 10.4 Å². The number of carbonyl (C=O) groups is 1. The molecule has 2 N–H and O–H groups in total. The topological polar surface area (TPSA) is 101 Å². The summed E-state index contributed by atoms with van der Waals surface area (Å²) in [5, 5.41) is 14.2. The summed E-state index contributed by atoms with van der Waals surface area (Å²) in [7, 11) is -3.17. The number of fused-ring (bicyclic) bond motifs is 1. The maximum Gasteiger partial charge on any atom is 0.490 e. The van der Waals surface area contributed by atoms with E-state index in [4.69, 9.17) is 9.90 Å². The molecule has 2 heterocycles. The molecular weight excluding hydrogens is 315 g/mol. The second-order valence-corrected chi connectivity index (χ2v) is 6.70. The molecule has 0 aromatic carbocycles. The normalized spacial score (nSPS) is 17.9. The van der Waals surface area contributed by atoms with Gasteiger partial charge in [-0.05, 0) is 12.8 Å². The number of alkyl halides is 3. The molecule has 7 nitrogen and oxygen atoms in total. The minimum Gasteiger partial charge on any atom is -0.475 e. The molecule has 0 unspecified atom stereocenters. The van der Waals surface area contributed by atoms with Gasteiger partial charge in [0.15, 0.2) is 0 Å². The third-order valence-electron chi connectivity index (χ3n) is 2.91. The van der Waals surface area contributed by atoms with E-state index < -0.39 is 22.2 Å². The molecule has 3 rings (SSSR count). The second kappa shape index (κ2) is 5.30. The average Bonchev–Trinajstić information content (AvgIpc) is 2.98. The third-order valence-corrected chi connectivity index (χ3v) is 4.94. The van der Waals surface area contributed by atoms with Crippen LogP contribution >= 0.6 is 0 Å². The second-order valence-electron chi connectivity index (χ2n) is 4.62. The van der Waals surface area contributed by atoms with Gasteiger partial charge in [0.25, 0.3) is 10.0 Å². The molecule has 21 heavy (non-hydrogen) atoms. The number of hydrogen-bond acceptors (Lipinski definition) is 5. The first-order chi connectivity index (χ1) is 9.62. The fraction of sp³-hybridized carbons (Fsp3) is 0.600. The fourth-order valence-electron chi connectivity index (χ4n) is 1.68. The van der Waals surface area contributed by atoms with Crippen LogP contribution in [0.2, 0.25) is 0 Å². The monoisotopic (exact) mass is 327 g/mol. The highest BCUT2D eigenvalue weighted by Crippen LogP contribution is 2.30. The maximum absolute atomic E-state index is 11.8. The molecule has 1 aromatic rings. The maximum atomic E-state index is 11.8.